The zero-order chi connectivity index (χ0) is 39.5. The summed E-state index contributed by atoms with van der Waals surface area (Å²) in [5, 5.41) is 7.49. The molecule has 0 aliphatic carbocycles. The van der Waals surface area contributed by atoms with Crippen molar-refractivity contribution in [3.8, 4) is 16.9 Å². The van der Waals surface area contributed by atoms with E-state index in [0.29, 0.717) is 25.1 Å². The molecule has 3 atom stereocenters. The largest absolute Gasteiger partial charge is 0.486 e. The molecule has 0 spiro atoms. The Bertz CT molecular complexity index is 1560. The standard InChI is InChI=1S/C38H62N4O9Si/c1-34(2,3)47-31(43)38(13,51-41-33(45)49-36(7,8)9)30-19-17-26-20-25(16-18-29(26)46-30)27-21-40-42(23-27)24-28(50-52(14,15)37(10,11)12)22-39-32(44)48-35(4,5)6/h16,18,20-21,23,28,30H,17,19,22,24H2,1-15H3,(H,39,44)(H,41,45)/t28?,30-,38?/m1/s1. The lowest BCUT2D eigenvalue weighted by Crippen LogP contribution is -2.58. The summed E-state index contributed by atoms with van der Waals surface area (Å²) in [6, 6.07) is 5.84. The number of benzene rings is 1. The van der Waals surface area contributed by atoms with E-state index in [0.717, 1.165) is 16.7 Å². The number of nitrogens with zero attached hydrogens (tertiary/aromatic N) is 2. The Labute approximate surface area is 310 Å². The van der Waals surface area contributed by atoms with E-state index >= 15 is 0 Å². The van der Waals surface area contributed by atoms with E-state index in [1.165, 1.54) is 0 Å². The zero-order valence-electron chi connectivity index (χ0n) is 33.9. The summed E-state index contributed by atoms with van der Waals surface area (Å²) in [6.45, 7) is 29.1. The monoisotopic (exact) mass is 746 g/mol. The maximum atomic E-state index is 13.5. The molecule has 2 heterocycles. The van der Waals surface area contributed by atoms with Crippen LogP contribution in [0.1, 0.15) is 102 Å². The van der Waals surface area contributed by atoms with Gasteiger partial charge in [-0.1, -0.05) is 26.8 Å². The van der Waals surface area contributed by atoms with Crippen LogP contribution < -0.4 is 15.5 Å². The van der Waals surface area contributed by atoms with Crippen LogP contribution in [0.25, 0.3) is 11.1 Å². The Balaban J connectivity index is 1.80. The molecule has 1 aliphatic heterocycles. The second kappa shape index (κ2) is 15.8. The van der Waals surface area contributed by atoms with E-state index in [4.69, 9.17) is 28.2 Å². The van der Waals surface area contributed by atoms with Gasteiger partial charge in [0.05, 0.1) is 18.8 Å². The number of fused-ring (bicyclic) bond motifs is 1. The van der Waals surface area contributed by atoms with E-state index in [-0.39, 0.29) is 17.7 Å². The molecule has 13 nitrogen and oxygen atoms in total. The second-order valence-electron chi connectivity index (χ2n) is 18.1. The van der Waals surface area contributed by atoms with Crippen LogP contribution in [0.5, 0.6) is 5.75 Å². The van der Waals surface area contributed by atoms with Crippen molar-refractivity contribution in [3.05, 3.63) is 36.2 Å². The minimum Gasteiger partial charge on any atom is -0.486 e. The van der Waals surface area contributed by atoms with Crippen molar-refractivity contribution < 1.29 is 42.6 Å². The number of aromatic nitrogens is 2. The molecule has 0 radical (unpaired) electrons. The van der Waals surface area contributed by atoms with Crippen LogP contribution in [-0.4, -0.2) is 77.4 Å². The number of ether oxygens (including phenoxy) is 4. The molecular weight excluding hydrogens is 685 g/mol. The SMILES string of the molecule is CC(C)(C)OC(=O)NCC(Cn1cc(-c2ccc3c(c2)CC[C@H](C(C)(ONC(=O)OC(C)(C)C)C(=O)OC(C)(C)C)O3)cn1)O[Si](C)(C)C(C)(C)C. The van der Waals surface area contributed by atoms with Gasteiger partial charge < -0.3 is 28.7 Å². The van der Waals surface area contributed by atoms with Gasteiger partial charge in [0.2, 0.25) is 5.60 Å². The molecule has 3 rings (SSSR count). The molecule has 0 saturated heterocycles. The van der Waals surface area contributed by atoms with Gasteiger partial charge in [-0.15, -0.1) is 0 Å². The molecule has 1 aromatic carbocycles. The fourth-order valence-electron chi connectivity index (χ4n) is 5.09. The molecule has 292 valence electrons. The molecule has 2 N–H and O–H groups in total. The lowest BCUT2D eigenvalue weighted by Gasteiger charge is -2.39. The van der Waals surface area contributed by atoms with Gasteiger partial charge in [-0.2, -0.15) is 10.6 Å². The first-order valence-corrected chi connectivity index (χ1v) is 20.9. The number of nitrogens with one attached hydrogen (secondary N) is 2. The maximum Gasteiger partial charge on any atom is 0.431 e. The average molecular weight is 747 g/mol. The Morgan fingerprint density at radius 3 is 2.06 bits per heavy atom. The van der Waals surface area contributed by atoms with E-state index in [2.05, 4.69) is 49.8 Å². The number of hydrogen-bond acceptors (Lipinski definition) is 10. The Kier molecular flexibility index (Phi) is 13.0. The molecule has 2 amide bonds. The van der Waals surface area contributed by atoms with Crippen LogP contribution in [0.2, 0.25) is 18.1 Å². The zero-order valence-corrected chi connectivity index (χ0v) is 34.9. The highest BCUT2D eigenvalue weighted by atomic mass is 28.4. The Morgan fingerprint density at radius 1 is 0.885 bits per heavy atom. The van der Waals surface area contributed by atoms with Crippen LogP contribution >= 0.6 is 0 Å². The van der Waals surface area contributed by atoms with Gasteiger partial charge in [-0.3, -0.25) is 4.68 Å². The van der Waals surface area contributed by atoms with Gasteiger partial charge in [0.25, 0.3) is 0 Å². The number of carbonyl (C=O) groups is 3. The van der Waals surface area contributed by atoms with Crippen LogP contribution in [0.3, 0.4) is 0 Å². The molecule has 2 unspecified atom stereocenters. The van der Waals surface area contributed by atoms with E-state index in [1.807, 2.05) is 49.8 Å². The van der Waals surface area contributed by atoms with E-state index < -0.39 is 55.0 Å². The van der Waals surface area contributed by atoms with Crippen LogP contribution in [0.15, 0.2) is 30.6 Å². The summed E-state index contributed by atoms with van der Waals surface area (Å²) in [7, 11) is -2.19. The smallest absolute Gasteiger partial charge is 0.431 e. The molecular formula is C38H62N4O9Si. The molecule has 2 aromatic rings. The minimum atomic E-state index is -2.19. The van der Waals surface area contributed by atoms with Crippen molar-refractivity contribution in [3.63, 3.8) is 0 Å². The molecule has 52 heavy (non-hydrogen) atoms. The first-order valence-electron chi connectivity index (χ1n) is 17.9. The van der Waals surface area contributed by atoms with Gasteiger partial charge >= 0.3 is 18.2 Å². The third-order valence-electron chi connectivity index (χ3n) is 8.67. The predicted octanol–water partition coefficient (Wildman–Crippen LogP) is 7.72. The average Bonchev–Trinajstić information content (AvgIpc) is 3.43. The Hall–Kier alpha value is -3.62. The topological polar surface area (TPSA) is 148 Å². The van der Waals surface area contributed by atoms with Crippen LogP contribution in [-0.2, 0) is 41.2 Å². The van der Waals surface area contributed by atoms with Gasteiger partial charge in [0.15, 0.2) is 8.32 Å². The van der Waals surface area contributed by atoms with E-state index in [1.54, 1.807) is 54.7 Å². The summed E-state index contributed by atoms with van der Waals surface area (Å²) in [6.07, 6.45) is 2.32. The molecule has 0 bridgehead atoms. The summed E-state index contributed by atoms with van der Waals surface area (Å²) < 4.78 is 31.4. The molecule has 0 saturated carbocycles. The molecule has 0 fully saturated rings. The summed E-state index contributed by atoms with van der Waals surface area (Å²) in [5.41, 5.74) is 1.22. The summed E-state index contributed by atoms with van der Waals surface area (Å²) in [5.74, 6) is -0.0789. The highest BCUT2D eigenvalue weighted by Crippen LogP contribution is 2.38. The number of esters is 1. The first kappa shape index (κ1) is 42.8. The van der Waals surface area contributed by atoms with Crippen molar-refractivity contribution in [1.29, 1.82) is 0 Å². The Morgan fingerprint density at radius 2 is 1.48 bits per heavy atom. The van der Waals surface area contributed by atoms with Crippen molar-refractivity contribution in [2.24, 2.45) is 0 Å². The van der Waals surface area contributed by atoms with Gasteiger partial charge in [0.1, 0.15) is 28.7 Å². The van der Waals surface area contributed by atoms with Crippen molar-refractivity contribution in [2.45, 2.75) is 162 Å². The molecule has 1 aliphatic rings. The van der Waals surface area contributed by atoms with Crippen molar-refractivity contribution >= 4 is 26.5 Å². The maximum absolute atomic E-state index is 13.5. The van der Waals surface area contributed by atoms with Gasteiger partial charge in [0, 0.05) is 18.3 Å². The molecule has 14 heteroatoms. The van der Waals surface area contributed by atoms with E-state index in [9.17, 15) is 14.4 Å². The number of amides is 2. The van der Waals surface area contributed by atoms with Crippen molar-refractivity contribution in [1.82, 2.24) is 20.6 Å². The number of carbonyl (C=O) groups excluding carboxylic acids is 3. The number of aryl methyl sites for hydroxylation is 1. The number of rotatable bonds is 11. The van der Waals surface area contributed by atoms with Crippen molar-refractivity contribution in [2.75, 3.05) is 6.54 Å². The first-order chi connectivity index (χ1) is 23.6. The molecule has 1 aromatic heterocycles. The quantitative estimate of drug-likeness (QED) is 0.101. The third kappa shape index (κ3) is 12.5. The second-order valence-corrected chi connectivity index (χ2v) is 22.9. The number of hydrogen-bond donors (Lipinski definition) is 2. The number of alkyl carbamates (subject to hydrolysis) is 1. The lowest BCUT2D eigenvalue weighted by molar-refractivity contribution is -0.205. The number of hydroxylamine groups is 1. The van der Waals surface area contributed by atoms with Crippen LogP contribution in [0, 0.1) is 0 Å². The normalized spacial score (nSPS) is 17.2. The van der Waals surface area contributed by atoms with Gasteiger partial charge in [-0.25, -0.2) is 19.2 Å². The highest BCUT2D eigenvalue weighted by Gasteiger charge is 2.50. The predicted molar refractivity (Wildman–Crippen MR) is 201 cm³/mol. The summed E-state index contributed by atoms with van der Waals surface area (Å²) in [4.78, 5) is 44.2. The fraction of sp³-hybridized carbons (Fsp3) is 0.684. The third-order valence-corrected chi connectivity index (χ3v) is 13.2. The lowest BCUT2D eigenvalue weighted by atomic mass is 9.89. The fourth-order valence-corrected chi connectivity index (χ4v) is 6.44. The van der Waals surface area contributed by atoms with Gasteiger partial charge in [-0.05, 0) is 123 Å². The highest BCUT2D eigenvalue weighted by molar-refractivity contribution is 6.74. The minimum absolute atomic E-state index is 0.0261. The van der Waals surface area contributed by atoms with Crippen LogP contribution in [0.4, 0.5) is 9.59 Å². The summed E-state index contributed by atoms with van der Waals surface area (Å²) >= 11 is 0.